The van der Waals surface area contributed by atoms with Crippen molar-refractivity contribution < 1.29 is 17.6 Å². The van der Waals surface area contributed by atoms with E-state index in [0.717, 1.165) is 4.40 Å². The van der Waals surface area contributed by atoms with E-state index < -0.39 is 17.8 Å². The predicted octanol–water partition coefficient (Wildman–Crippen LogP) is 4.28. The van der Waals surface area contributed by atoms with Crippen LogP contribution in [0.2, 0.25) is 5.02 Å². The van der Waals surface area contributed by atoms with E-state index in [1.54, 1.807) is 0 Å². The molecular weight excluding hydrogens is 324 g/mol. The summed E-state index contributed by atoms with van der Waals surface area (Å²) in [6.45, 7) is 0. The summed E-state index contributed by atoms with van der Waals surface area (Å²) in [7, 11) is 0. The first-order valence-electron chi connectivity index (χ1n) is 5.98. The van der Waals surface area contributed by atoms with Crippen LogP contribution in [0, 0.1) is 5.82 Å². The van der Waals surface area contributed by atoms with Gasteiger partial charge in [0.2, 0.25) is 5.82 Å². The van der Waals surface area contributed by atoms with Gasteiger partial charge in [0.15, 0.2) is 5.65 Å². The minimum absolute atomic E-state index is 0.0329. The van der Waals surface area contributed by atoms with Gasteiger partial charge in [-0.1, -0.05) is 11.6 Å². The predicted molar refractivity (Wildman–Crippen MR) is 72.7 cm³/mol. The van der Waals surface area contributed by atoms with Gasteiger partial charge in [-0.3, -0.25) is 4.40 Å². The number of hydrogen-bond acceptors (Lipinski definition) is 3. The Kier molecular flexibility index (Phi) is 3.40. The zero-order valence-corrected chi connectivity index (χ0v) is 11.5. The second kappa shape index (κ2) is 5.13. The van der Waals surface area contributed by atoms with E-state index in [-0.39, 0.29) is 10.7 Å². The number of hydrogen-bond donors (Lipinski definition) is 1. The van der Waals surface area contributed by atoms with Gasteiger partial charge in [0.25, 0.3) is 0 Å². The summed E-state index contributed by atoms with van der Waals surface area (Å²) < 4.78 is 52.0. The van der Waals surface area contributed by atoms with E-state index in [1.165, 1.54) is 36.5 Å². The molecule has 1 N–H and O–H groups in total. The number of benzene rings is 1. The summed E-state index contributed by atoms with van der Waals surface area (Å²) in [6.07, 6.45) is -3.38. The van der Waals surface area contributed by atoms with Gasteiger partial charge < -0.3 is 5.32 Å². The number of rotatable bonds is 2. The lowest BCUT2D eigenvalue weighted by atomic mass is 10.3. The van der Waals surface area contributed by atoms with Crippen LogP contribution in [0.15, 0.2) is 36.5 Å². The van der Waals surface area contributed by atoms with E-state index in [1.807, 2.05) is 0 Å². The first-order chi connectivity index (χ1) is 10.3. The normalized spacial score (nSPS) is 11.9. The van der Waals surface area contributed by atoms with Gasteiger partial charge in [0.1, 0.15) is 5.82 Å². The monoisotopic (exact) mass is 330 g/mol. The Labute approximate surface area is 126 Å². The Morgan fingerprint density at radius 1 is 1.05 bits per heavy atom. The molecule has 2 aromatic heterocycles. The summed E-state index contributed by atoms with van der Waals surface area (Å²) in [5, 5.41) is 9.45. The van der Waals surface area contributed by atoms with Crippen molar-refractivity contribution >= 4 is 28.6 Å². The summed E-state index contributed by atoms with van der Waals surface area (Å²) in [4.78, 5) is 0. The van der Waals surface area contributed by atoms with Crippen LogP contribution in [0.4, 0.5) is 28.9 Å². The number of nitrogens with zero attached hydrogens (tertiary/aromatic N) is 3. The van der Waals surface area contributed by atoms with E-state index in [2.05, 4.69) is 15.5 Å². The molecule has 0 radical (unpaired) electrons. The van der Waals surface area contributed by atoms with Gasteiger partial charge >= 0.3 is 6.18 Å². The number of anilines is 2. The third kappa shape index (κ3) is 2.69. The molecule has 0 amide bonds. The quantitative estimate of drug-likeness (QED) is 0.713. The summed E-state index contributed by atoms with van der Waals surface area (Å²) >= 11 is 5.66. The SMILES string of the molecule is Fc1ccc(Nc2ccn3c(C(F)(F)F)nnc3c2)cc1Cl. The van der Waals surface area contributed by atoms with Crippen LogP contribution in [-0.4, -0.2) is 14.6 Å². The number of nitrogens with one attached hydrogen (secondary N) is 1. The lowest BCUT2D eigenvalue weighted by Gasteiger charge is -2.08. The fourth-order valence-electron chi connectivity index (χ4n) is 1.90. The van der Waals surface area contributed by atoms with Gasteiger partial charge in [-0.2, -0.15) is 13.2 Å². The van der Waals surface area contributed by atoms with E-state index in [0.29, 0.717) is 11.4 Å². The average Bonchev–Trinajstić information content (AvgIpc) is 2.86. The first kappa shape index (κ1) is 14.6. The third-order valence-corrected chi connectivity index (χ3v) is 3.16. The first-order valence-corrected chi connectivity index (χ1v) is 6.36. The molecule has 0 aliphatic rings. The number of fused-ring (bicyclic) bond motifs is 1. The molecule has 0 aliphatic heterocycles. The minimum atomic E-state index is -4.58. The highest BCUT2D eigenvalue weighted by atomic mass is 35.5. The van der Waals surface area contributed by atoms with Crippen LogP contribution in [0.25, 0.3) is 5.65 Å². The topological polar surface area (TPSA) is 42.2 Å². The third-order valence-electron chi connectivity index (χ3n) is 2.87. The van der Waals surface area contributed by atoms with Crippen LogP contribution < -0.4 is 5.32 Å². The molecule has 0 unspecified atom stereocenters. The number of aromatic nitrogens is 3. The Morgan fingerprint density at radius 2 is 1.77 bits per heavy atom. The number of pyridine rings is 1. The van der Waals surface area contributed by atoms with Crippen molar-refractivity contribution in [3.8, 4) is 0 Å². The van der Waals surface area contributed by atoms with Crippen LogP contribution in [0.1, 0.15) is 5.82 Å². The smallest absolute Gasteiger partial charge is 0.355 e. The maximum atomic E-state index is 13.1. The van der Waals surface area contributed by atoms with Crippen LogP contribution in [0.5, 0.6) is 0 Å². The van der Waals surface area contributed by atoms with Gasteiger partial charge in [-0.25, -0.2) is 4.39 Å². The number of alkyl halides is 3. The molecule has 0 spiro atoms. The minimum Gasteiger partial charge on any atom is -0.355 e. The fraction of sp³-hybridized carbons (Fsp3) is 0.0769. The summed E-state index contributed by atoms with van der Waals surface area (Å²) in [5.74, 6) is -1.66. The van der Waals surface area contributed by atoms with Gasteiger partial charge in [0, 0.05) is 23.6 Å². The van der Waals surface area contributed by atoms with Gasteiger partial charge in [-0.15, -0.1) is 10.2 Å². The highest BCUT2D eigenvalue weighted by Gasteiger charge is 2.36. The van der Waals surface area contributed by atoms with Crippen molar-refractivity contribution in [3.05, 3.63) is 53.2 Å². The largest absolute Gasteiger partial charge is 0.452 e. The summed E-state index contributed by atoms with van der Waals surface area (Å²) in [6, 6.07) is 6.81. The number of halogens is 5. The standard InChI is InChI=1S/C13H7ClF4N4/c14-9-5-7(1-2-10(9)15)19-8-3-4-22-11(6-8)20-21-12(22)13(16,17)18/h1-6,19H. The second-order valence-corrected chi connectivity index (χ2v) is 4.83. The van der Waals surface area contributed by atoms with Crippen LogP contribution in [0.3, 0.4) is 0 Å². The van der Waals surface area contributed by atoms with Gasteiger partial charge in [0.05, 0.1) is 5.02 Å². The second-order valence-electron chi connectivity index (χ2n) is 4.42. The maximum Gasteiger partial charge on any atom is 0.452 e. The molecule has 4 nitrogen and oxygen atoms in total. The van der Waals surface area contributed by atoms with Crippen molar-refractivity contribution in [2.75, 3.05) is 5.32 Å². The molecule has 1 aromatic carbocycles. The zero-order valence-electron chi connectivity index (χ0n) is 10.7. The highest BCUT2D eigenvalue weighted by molar-refractivity contribution is 6.31. The fourth-order valence-corrected chi connectivity index (χ4v) is 2.08. The van der Waals surface area contributed by atoms with E-state index >= 15 is 0 Å². The van der Waals surface area contributed by atoms with Crippen molar-refractivity contribution in [1.82, 2.24) is 14.6 Å². The molecule has 9 heteroatoms. The lowest BCUT2D eigenvalue weighted by molar-refractivity contribution is -0.145. The highest BCUT2D eigenvalue weighted by Crippen LogP contribution is 2.29. The Bertz CT molecular complexity index is 844. The van der Waals surface area contributed by atoms with Gasteiger partial charge in [-0.05, 0) is 24.3 Å². The molecule has 2 heterocycles. The van der Waals surface area contributed by atoms with Crippen LogP contribution >= 0.6 is 11.6 Å². The average molecular weight is 331 g/mol. The van der Waals surface area contributed by atoms with E-state index in [4.69, 9.17) is 11.6 Å². The zero-order chi connectivity index (χ0) is 15.9. The molecule has 0 saturated heterocycles. The Morgan fingerprint density at radius 3 is 2.45 bits per heavy atom. The molecule has 0 saturated carbocycles. The Balaban J connectivity index is 1.94. The molecular formula is C13H7ClF4N4. The van der Waals surface area contributed by atoms with Crippen molar-refractivity contribution in [3.63, 3.8) is 0 Å². The molecule has 0 aliphatic carbocycles. The molecule has 3 rings (SSSR count). The Hall–Kier alpha value is -2.35. The van der Waals surface area contributed by atoms with E-state index in [9.17, 15) is 17.6 Å². The van der Waals surface area contributed by atoms with Crippen molar-refractivity contribution in [1.29, 1.82) is 0 Å². The molecule has 22 heavy (non-hydrogen) atoms. The lowest BCUT2D eigenvalue weighted by Crippen LogP contribution is -2.10. The van der Waals surface area contributed by atoms with Crippen molar-refractivity contribution in [2.24, 2.45) is 0 Å². The van der Waals surface area contributed by atoms with Crippen LogP contribution in [-0.2, 0) is 6.18 Å². The molecule has 3 aromatic rings. The van der Waals surface area contributed by atoms with Crippen molar-refractivity contribution in [2.45, 2.75) is 6.18 Å². The molecule has 0 fully saturated rings. The molecule has 0 atom stereocenters. The summed E-state index contributed by atoms with van der Waals surface area (Å²) in [5.41, 5.74) is 0.994. The molecule has 0 bridgehead atoms. The molecule has 114 valence electrons. The maximum absolute atomic E-state index is 13.1.